The van der Waals surface area contributed by atoms with E-state index in [1.165, 1.54) is 18.6 Å². The van der Waals surface area contributed by atoms with Gasteiger partial charge in [-0.25, -0.2) is 0 Å². The number of allylic oxidation sites excluding steroid dienone is 6. The van der Waals surface area contributed by atoms with Crippen LogP contribution in [0.4, 0.5) is 5.69 Å². The lowest BCUT2D eigenvalue weighted by Crippen LogP contribution is -2.42. The third kappa shape index (κ3) is 12.8. The number of benzene rings is 2. The van der Waals surface area contributed by atoms with Crippen molar-refractivity contribution in [2.45, 2.75) is 105 Å². The van der Waals surface area contributed by atoms with Crippen molar-refractivity contribution < 1.29 is 9.53 Å². The second kappa shape index (κ2) is 21.6. The molecule has 3 N–H and O–H groups in total. The van der Waals surface area contributed by atoms with E-state index in [1.54, 1.807) is 0 Å². The van der Waals surface area contributed by atoms with Crippen LogP contribution in [0.15, 0.2) is 126 Å². The molecule has 0 aliphatic heterocycles. The smallest absolute Gasteiger partial charge is 0.246 e. The number of nitrogens with zero attached hydrogens (tertiary/aromatic N) is 1. The number of carbonyl (C=O) groups excluding carboxylic acids is 1. The summed E-state index contributed by atoms with van der Waals surface area (Å²) < 4.78 is 6.64. The lowest BCUT2D eigenvalue weighted by molar-refractivity contribution is -0.118. The number of rotatable bonds is 22. The summed E-state index contributed by atoms with van der Waals surface area (Å²) in [4.78, 5) is 18.9. The third-order valence-electron chi connectivity index (χ3n) is 8.83. The lowest BCUT2D eigenvalue weighted by atomic mass is 9.98. The summed E-state index contributed by atoms with van der Waals surface area (Å²) in [6.07, 6.45) is 18.2. The number of aliphatic imine (C=N–C) groups is 1. The molecule has 2 atom stereocenters. The number of hydrogen-bond donors (Lipinski definition) is 3. The molecule has 50 heavy (non-hydrogen) atoms. The van der Waals surface area contributed by atoms with Crippen LogP contribution in [-0.4, -0.2) is 30.9 Å². The third-order valence-corrected chi connectivity index (χ3v) is 8.83. The van der Waals surface area contributed by atoms with Crippen LogP contribution in [0.5, 0.6) is 0 Å². The molecule has 3 rings (SSSR count). The first-order valence-corrected chi connectivity index (χ1v) is 18.5. The van der Waals surface area contributed by atoms with Crippen LogP contribution >= 0.6 is 0 Å². The first kappa shape index (κ1) is 40.0. The van der Waals surface area contributed by atoms with Gasteiger partial charge >= 0.3 is 0 Å². The number of anilines is 1. The first-order chi connectivity index (χ1) is 24.3. The Balaban J connectivity index is 1.85. The van der Waals surface area contributed by atoms with Crippen LogP contribution < -0.4 is 16.0 Å². The molecule has 1 saturated carbocycles. The van der Waals surface area contributed by atoms with E-state index < -0.39 is 6.04 Å². The molecule has 0 aromatic heterocycles. The van der Waals surface area contributed by atoms with Gasteiger partial charge in [0.2, 0.25) is 5.91 Å². The number of amides is 1. The Morgan fingerprint density at radius 1 is 1.04 bits per heavy atom. The highest BCUT2D eigenvalue weighted by Gasteiger charge is 2.26. The number of para-hydroxylation sites is 1. The van der Waals surface area contributed by atoms with Crippen molar-refractivity contribution in [2.24, 2.45) is 10.9 Å². The zero-order valence-electron chi connectivity index (χ0n) is 31.4. The molecule has 0 radical (unpaired) electrons. The van der Waals surface area contributed by atoms with Gasteiger partial charge < -0.3 is 15.4 Å². The van der Waals surface area contributed by atoms with E-state index in [-0.39, 0.29) is 12.1 Å². The van der Waals surface area contributed by atoms with E-state index in [2.05, 4.69) is 69.0 Å². The largest absolute Gasteiger partial charge is 0.461 e. The van der Waals surface area contributed by atoms with Crippen LogP contribution in [0, 0.1) is 5.92 Å². The molecule has 268 valence electrons. The van der Waals surface area contributed by atoms with Gasteiger partial charge in [0.1, 0.15) is 6.04 Å². The van der Waals surface area contributed by atoms with Crippen molar-refractivity contribution >= 4 is 22.9 Å². The van der Waals surface area contributed by atoms with Crippen molar-refractivity contribution in [3.05, 3.63) is 132 Å². The van der Waals surface area contributed by atoms with Crippen LogP contribution in [-0.2, 0) is 9.53 Å². The number of nitrogens with one attached hydrogen (secondary N) is 3. The van der Waals surface area contributed by atoms with Gasteiger partial charge in [0.15, 0.2) is 12.1 Å². The van der Waals surface area contributed by atoms with Gasteiger partial charge in [0.05, 0.1) is 0 Å². The molecule has 6 nitrogen and oxygen atoms in total. The van der Waals surface area contributed by atoms with Gasteiger partial charge in [-0.15, -0.1) is 0 Å². The van der Waals surface area contributed by atoms with Crippen molar-refractivity contribution in [2.75, 3.05) is 12.4 Å². The minimum absolute atomic E-state index is 0.121. The Morgan fingerprint density at radius 3 is 2.38 bits per heavy atom. The molecule has 1 fully saturated rings. The number of hydrogen-bond acceptors (Lipinski definition) is 5. The Bertz CT molecular complexity index is 1560. The van der Waals surface area contributed by atoms with Crippen LogP contribution in [0.2, 0.25) is 0 Å². The summed E-state index contributed by atoms with van der Waals surface area (Å²) in [6, 6.07) is 17.3. The number of unbranched alkanes of at least 4 members (excludes halogenated alkanes) is 1. The molecule has 0 saturated heterocycles. The lowest BCUT2D eigenvalue weighted by Gasteiger charge is -2.26. The fourth-order valence-electron chi connectivity index (χ4n) is 5.66. The highest BCUT2D eigenvalue weighted by Crippen LogP contribution is 2.33. The van der Waals surface area contributed by atoms with E-state index in [0.29, 0.717) is 24.6 Å². The fourth-order valence-corrected chi connectivity index (χ4v) is 5.66. The van der Waals surface area contributed by atoms with Crippen molar-refractivity contribution in [3.63, 3.8) is 0 Å². The van der Waals surface area contributed by atoms with Gasteiger partial charge in [-0.3, -0.25) is 15.1 Å². The van der Waals surface area contributed by atoms with Gasteiger partial charge in [0.25, 0.3) is 0 Å². The molecule has 0 spiro atoms. The minimum atomic E-state index is -0.503. The Labute approximate surface area is 302 Å². The average Bonchev–Trinajstić information content (AvgIpc) is 3.99. The maximum absolute atomic E-state index is 13.9. The van der Waals surface area contributed by atoms with E-state index in [1.807, 2.05) is 86.9 Å². The van der Waals surface area contributed by atoms with Gasteiger partial charge in [-0.1, -0.05) is 126 Å². The average molecular weight is 677 g/mol. The minimum Gasteiger partial charge on any atom is -0.461 e. The second-order valence-corrected chi connectivity index (χ2v) is 13.0. The molecular weight excluding hydrogens is 617 g/mol. The van der Waals surface area contributed by atoms with Gasteiger partial charge in [-0.2, -0.15) is 0 Å². The van der Waals surface area contributed by atoms with E-state index in [0.717, 1.165) is 71.2 Å². The molecule has 1 aliphatic carbocycles. The molecule has 6 heteroatoms. The molecule has 0 bridgehead atoms. The van der Waals surface area contributed by atoms with Gasteiger partial charge in [0, 0.05) is 29.6 Å². The van der Waals surface area contributed by atoms with Crippen LogP contribution in [0.1, 0.15) is 104 Å². The molecular formula is C44H60N4O2. The van der Waals surface area contributed by atoms with Crippen molar-refractivity contribution in [1.82, 2.24) is 10.6 Å². The summed E-state index contributed by atoms with van der Waals surface area (Å²) >= 11 is 0. The highest BCUT2D eigenvalue weighted by molar-refractivity contribution is 5.98. The van der Waals surface area contributed by atoms with E-state index in [9.17, 15) is 4.79 Å². The first-order valence-electron chi connectivity index (χ1n) is 18.5. The predicted octanol–water partition coefficient (Wildman–Crippen LogP) is 10.7. The van der Waals surface area contributed by atoms with Gasteiger partial charge in [-0.05, 0) is 93.3 Å². The van der Waals surface area contributed by atoms with Crippen LogP contribution in [0.25, 0.3) is 5.57 Å². The standard InChI is InChI=1S/C44H60N4O2/c1-9-14-26-42(47-41(21-11-3)44(49)48-40-25-19-18-24-38(40)33(7)35-22-16-15-17-23-35)50-43(45-8)30-37(29-32(6)12-4)34(13-5)31-46-39(20-10-2)36-27-28-36/h12-13,15-19,22-26,29,31,36,41,43,45,47H,5,7,9-11,14,20-21,27-28,30H2,1-4,6,8H3,(H,48,49)/b32-12-,34-31+,37-29+,42-26+,46-39?. The maximum Gasteiger partial charge on any atom is 0.246 e. The molecule has 1 aliphatic rings. The maximum atomic E-state index is 13.9. The summed E-state index contributed by atoms with van der Waals surface area (Å²) in [5.74, 6) is 1.09. The fraction of sp³-hybridized carbons (Fsp3) is 0.409. The quantitative estimate of drug-likeness (QED) is 0.0502. The summed E-state index contributed by atoms with van der Waals surface area (Å²) in [5, 5.41) is 10.0. The summed E-state index contributed by atoms with van der Waals surface area (Å²) in [7, 11) is 1.90. The molecule has 2 aromatic rings. The monoisotopic (exact) mass is 676 g/mol. The molecule has 2 unspecified atom stereocenters. The van der Waals surface area contributed by atoms with Crippen LogP contribution in [0.3, 0.4) is 0 Å². The van der Waals surface area contributed by atoms with E-state index >= 15 is 0 Å². The second-order valence-electron chi connectivity index (χ2n) is 13.0. The highest BCUT2D eigenvalue weighted by atomic mass is 16.5. The number of ether oxygens (including phenoxy) is 1. The Morgan fingerprint density at radius 2 is 1.76 bits per heavy atom. The normalized spacial score (nSPS) is 15.7. The summed E-state index contributed by atoms with van der Waals surface area (Å²) in [6.45, 7) is 19.1. The van der Waals surface area contributed by atoms with E-state index in [4.69, 9.17) is 9.73 Å². The molecule has 2 aromatic carbocycles. The zero-order valence-corrected chi connectivity index (χ0v) is 31.4. The number of carbonyl (C=O) groups is 1. The molecule has 0 heterocycles. The van der Waals surface area contributed by atoms with Crippen molar-refractivity contribution in [1.29, 1.82) is 0 Å². The topological polar surface area (TPSA) is 74.8 Å². The summed E-state index contributed by atoms with van der Waals surface area (Å²) in [5.41, 5.74) is 7.99. The Hall–Kier alpha value is -4.42. The molecule has 1 amide bonds. The van der Waals surface area contributed by atoms with Crippen molar-refractivity contribution in [3.8, 4) is 0 Å². The Kier molecular flexibility index (Phi) is 17.3. The zero-order chi connectivity index (χ0) is 36.3. The predicted molar refractivity (Wildman–Crippen MR) is 214 cm³/mol. The SMILES string of the molecule is C=CC(=C\N=C(CCC)C1CC1)/C(=C/C(C)=C\C)CC(NC)O/C(=C/CCC)NC(CCC)C(=O)Nc1ccccc1C(=C)c1ccccc1.